The van der Waals surface area contributed by atoms with E-state index in [0.29, 0.717) is 0 Å². The highest BCUT2D eigenvalue weighted by Gasteiger charge is 2.25. The minimum absolute atomic E-state index is 0.137. The molecule has 0 aliphatic carbocycles. The number of rotatable bonds is 2. The highest BCUT2D eigenvalue weighted by Crippen LogP contribution is 2.27. The topological polar surface area (TPSA) is 20.3 Å². The second kappa shape index (κ2) is 4.58. The highest BCUT2D eigenvalue weighted by atomic mass is 79.9. The van der Waals surface area contributed by atoms with E-state index in [2.05, 4.69) is 35.0 Å². The molecule has 3 heteroatoms. The molecule has 2 rings (SSSR count). The standard InChI is InChI=1S/C13H16BrNO/c1-3-9(2)13(16)15-7-10-4-5-12(14)6-11(10)8-15/h4-6,9H,3,7-8H2,1-2H3/t9-/m1/s1. The van der Waals surface area contributed by atoms with Crippen molar-refractivity contribution < 1.29 is 4.79 Å². The van der Waals surface area contributed by atoms with E-state index >= 15 is 0 Å². The molecule has 1 aromatic rings. The first-order valence-corrected chi connectivity index (χ1v) is 6.47. The number of halogens is 1. The van der Waals surface area contributed by atoms with Gasteiger partial charge in [0.15, 0.2) is 0 Å². The van der Waals surface area contributed by atoms with Crippen LogP contribution in [0.2, 0.25) is 0 Å². The lowest BCUT2D eigenvalue weighted by molar-refractivity contribution is -0.135. The van der Waals surface area contributed by atoms with E-state index in [1.165, 1.54) is 11.1 Å². The maximum absolute atomic E-state index is 12.0. The molecule has 1 heterocycles. The Kier molecular flexibility index (Phi) is 3.33. The first kappa shape index (κ1) is 11.6. The molecule has 0 N–H and O–H groups in total. The Bertz CT molecular complexity index is 416. The number of nitrogens with zero attached hydrogens (tertiary/aromatic N) is 1. The van der Waals surface area contributed by atoms with Crippen LogP contribution in [0.5, 0.6) is 0 Å². The second-order valence-electron chi connectivity index (χ2n) is 4.42. The zero-order chi connectivity index (χ0) is 11.7. The number of amides is 1. The normalized spacial score (nSPS) is 16.1. The molecule has 0 saturated heterocycles. The largest absolute Gasteiger partial charge is 0.334 e. The van der Waals surface area contributed by atoms with Crippen molar-refractivity contribution in [1.82, 2.24) is 4.90 Å². The minimum Gasteiger partial charge on any atom is -0.334 e. The number of carbonyl (C=O) groups excluding carboxylic acids is 1. The van der Waals surface area contributed by atoms with Gasteiger partial charge >= 0.3 is 0 Å². The van der Waals surface area contributed by atoms with Gasteiger partial charge in [-0.15, -0.1) is 0 Å². The molecule has 0 radical (unpaired) electrons. The molecule has 86 valence electrons. The van der Waals surface area contributed by atoms with Gasteiger partial charge in [0.25, 0.3) is 0 Å². The quantitative estimate of drug-likeness (QED) is 0.814. The third kappa shape index (κ3) is 2.14. The Morgan fingerprint density at radius 3 is 2.81 bits per heavy atom. The van der Waals surface area contributed by atoms with E-state index in [4.69, 9.17) is 0 Å². The van der Waals surface area contributed by atoms with Crippen LogP contribution in [0.4, 0.5) is 0 Å². The van der Waals surface area contributed by atoms with Crippen LogP contribution in [0.3, 0.4) is 0 Å². The summed E-state index contributed by atoms with van der Waals surface area (Å²) in [5.41, 5.74) is 2.55. The van der Waals surface area contributed by atoms with Crippen LogP contribution in [0.25, 0.3) is 0 Å². The van der Waals surface area contributed by atoms with Crippen molar-refractivity contribution >= 4 is 21.8 Å². The van der Waals surface area contributed by atoms with Crippen molar-refractivity contribution in [3.63, 3.8) is 0 Å². The predicted octanol–water partition coefficient (Wildman–Crippen LogP) is 3.34. The maximum Gasteiger partial charge on any atom is 0.225 e. The van der Waals surface area contributed by atoms with E-state index in [1.54, 1.807) is 0 Å². The Labute approximate surface area is 105 Å². The monoisotopic (exact) mass is 281 g/mol. The number of hydrogen-bond donors (Lipinski definition) is 0. The van der Waals surface area contributed by atoms with Crippen molar-refractivity contribution in [1.29, 1.82) is 0 Å². The zero-order valence-corrected chi connectivity index (χ0v) is 11.3. The van der Waals surface area contributed by atoms with Gasteiger partial charge in [-0.25, -0.2) is 0 Å². The van der Waals surface area contributed by atoms with Crippen LogP contribution in [0.1, 0.15) is 31.4 Å². The Morgan fingerprint density at radius 2 is 2.12 bits per heavy atom. The third-order valence-corrected chi connectivity index (χ3v) is 3.73. The summed E-state index contributed by atoms with van der Waals surface area (Å²) in [6.45, 7) is 5.59. The summed E-state index contributed by atoms with van der Waals surface area (Å²) in [7, 11) is 0. The lowest BCUT2D eigenvalue weighted by Crippen LogP contribution is -2.30. The first-order chi connectivity index (χ1) is 7.61. The molecule has 16 heavy (non-hydrogen) atoms. The maximum atomic E-state index is 12.0. The number of benzene rings is 1. The van der Waals surface area contributed by atoms with E-state index in [-0.39, 0.29) is 11.8 Å². The van der Waals surface area contributed by atoms with Crippen LogP contribution in [0, 0.1) is 5.92 Å². The summed E-state index contributed by atoms with van der Waals surface area (Å²) >= 11 is 3.46. The van der Waals surface area contributed by atoms with Crippen LogP contribution in [-0.4, -0.2) is 10.8 Å². The summed E-state index contributed by atoms with van der Waals surface area (Å²) < 4.78 is 1.09. The van der Waals surface area contributed by atoms with Crippen molar-refractivity contribution in [2.75, 3.05) is 0 Å². The van der Waals surface area contributed by atoms with Crippen molar-refractivity contribution in [2.45, 2.75) is 33.4 Å². The molecule has 1 aliphatic heterocycles. The summed E-state index contributed by atoms with van der Waals surface area (Å²) in [4.78, 5) is 14.0. The van der Waals surface area contributed by atoms with Gasteiger partial charge in [0.1, 0.15) is 0 Å². The predicted molar refractivity (Wildman–Crippen MR) is 67.9 cm³/mol. The van der Waals surface area contributed by atoms with Gasteiger partial charge in [0, 0.05) is 23.5 Å². The first-order valence-electron chi connectivity index (χ1n) is 5.68. The van der Waals surface area contributed by atoms with Gasteiger partial charge < -0.3 is 4.90 Å². The molecule has 1 aliphatic rings. The molecular weight excluding hydrogens is 266 g/mol. The highest BCUT2D eigenvalue weighted by molar-refractivity contribution is 9.10. The fraction of sp³-hybridized carbons (Fsp3) is 0.462. The minimum atomic E-state index is 0.137. The Morgan fingerprint density at radius 1 is 1.44 bits per heavy atom. The lowest BCUT2D eigenvalue weighted by Gasteiger charge is -2.19. The molecule has 0 bridgehead atoms. The van der Waals surface area contributed by atoms with Gasteiger partial charge in [-0.1, -0.05) is 35.8 Å². The van der Waals surface area contributed by atoms with E-state index < -0.39 is 0 Å². The van der Waals surface area contributed by atoms with Crippen LogP contribution < -0.4 is 0 Å². The summed E-state index contributed by atoms with van der Waals surface area (Å²) in [5, 5.41) is 0. The summed E-state index contributed by atoms with van der Waals surface area (Å²) in [6, 6.07) is 6.25. The van der Waals surface area contributed by atoms with E-state index in [0.717, 1.165) is 24.0 Å². The molecule has 0 unspecified atom stereocenters. The van der Waals surface area contributed by atoms with Gasteiger partial charge in [-0.05, 0) is 29.7 Å². The van der Waals surface area contributed by atoms with Gasteiger partial charge in [0.05, 0.1) is 0 Å². The average Bonchev–Trinajstić information content (AvgIpc) is 2.69. The van der Waals surface area contributed by atoms with E-state index in [9.17, 15) is 4.79 Å². The smallest absolute Gasteiger partial charge is 0.225 e. The number of hydrogen-bond acceptors (Lipinski definition) is 1. The van der Waals surface area contributed by atoms with Crippen molar-refractivity contribution in [3.05, 3.63) is 33.8 Å². The molecule has 1 amide bonds. The average molecular weight is 282 g/mol. The van der Waals surface area contributed by atoms with Gasteiger partial charge in [0.2, 0.25) is 5.91 Å². The summed E-state index contributed by atoms with van der Waals surface area (Å²) in [5.74, 6) is 0.410. The molecular formula is C13H16BrNO. The fourth-order valence-electron chi connectivity index (χ4n) is 2.01. The van der Waals surface area contributed by atoms with Crippen LogP contribution >= 0.6 is 15.9 Å². The lowest BCUT2D eigenvalue weighted by atomic mass is 10.1. The molecule has 0 aromatic heterocycles. The van der Waals surface area contributed by atoms with Gasteiger partial charge in [-0.2, -0.15) is 0 Å². The Hall–Kier alpha value is -0.830. The fourth-order valence-corrected chi connectivity index (χ4v) is 2.41. The molecule has 0 saturated carbocycles. The molecule has 0 spiro atoms. The molecule has 1 aromatic carbocycles. The molecule has 0 fully saturated rings. The number of carbonyl (C=O) groups is 1. The second-order valence-corrected chi connectivity index (χ2v) is 5.33. The SMILES string of the molecule is CC[C@@H](C)C(=O)N1Cc2ccc(Br)cc2C1. The molecule has 2 nitrogen and oxygen atoms in total. The Balaban J connectivity index is 2.14. The third-order valence-electron chi connectivity index (χ3n) is 3.24. The van der Waals surface area contributed by atoms with Crippen LogP contribution in [-0.2, 0) is 17.9 Å². The van der Waals surface area contributed by atoms with Gasteiger partial charge in [-0.3, -0.25) is 4.79 Å². The molecule has 1 atom stereocenters. The number of fused-ring (bicyclic) bond motifs is 1. The van der Waals surface area contributed by atoms with E-state index in [1.807, 2.05) is 17.9 Å². The van der Waals surface area contributed by atoms with Crippen LogP contribution in [0.15, 0.2) is 22.7 Å². The zero-order valence-electron chi connectivity index (χ0n) is 9.66. The summed E-state index contributed by atoms with van der Waals surface area (Å²) in [6.07, 6.45) is 0.912. The van der Waals surface area contributed by atoms with Crippen molar-refractivity contribution in [3.8, 4) is 0 Å². The van der Waals surface area contributed by atoms with Crippen molar-refractivity contribution in [2.24, 2.45) is 5.92 Å².